The molecule has 0 saturated heterocycles. The number of hydrogen-bond donors (Lipinski definition) is 1. The van der Waals surface area contributed by atoms with Crippen molar-refractivity contribution in [2.75, 3.05) is 24.7 Å². The summed E-state index contributed by atoms with van der Waals surface area (Å²) < 4.78 is 38.8. The molecule has 0 atom stereocenters. The maximum atomic E-state index is 14.4. The zero-order chi connectivity index (χ0) is 22.2. The summed E-state index contributed by atoms with van der Waals surface area (Å²) in [5.74, 6) is -2.72. The SMILES string of the molecule is O=C(O)COC[C@H]1CC[C@H](COC(=O)N(c2ccccc2)c2cccc(F)c2F)CC1. The molecule has 1 amide bonds. The van der Waals surface area contributed by atoms with Gasteiger partial charge in [-0.25, -0.2) is 23.3 Å². The van der Waals surface area contributed by atoms with Crippen LogP contribution in [0.25, 0.3) is 0 Å². The van der Waals surface area contributed by atoms with Gasteiger partial charge in [0, 0.05) is 0 Å². The quantitative estimate of drug-likeness (QED) is 0.623. The van der Waals surface area contributed by atoms with Crippen LogP contribution >= 0.6 is 0 Å². The van der Waals surface area contributed by atoms with Crippen molar-refractivity contribution < 1.29 is 33.0 Å². The van der Waals surface area contributed by atoms with Crippen LogP contribution in [0.2, 0.25) is 0 Å². The summed E-state index contributed by atoms with van der Waals surface area (Å²) in [6, 6.07) is 12.0. The van der Waals surface area contributed by atoms with Crippen molar-refractivity contribution in [2.24, 2.45) is 11.8 Å². The Hall–Kier alpha value is -3.00. The number of carbonyl (C=O) groups excluding carboxylic acids is 1. The van der Waals surface area contributed by atoms with Gasteiger partial charge in [0.25, 0.3) is 0 Å². The maximum Gasteiger partial charge on any atom is 0.419 e. The van der Waals surface area contributed by atoms with Gasteiger partial charge in [-0.15, -0.1) is 0 Å². The second kappa shape index (κ2) is 10.9. The van der Waals surface area contributed by atoms with Gasteiger partial charge in [0.15, 0.2) is 11.6 Å². The fourth-order valence-electron chi connectivity index (χ4n) is 3.72. The second-order valence-electron chi connectivity index (χ2n) is 7.62. The summed E-state index contributed by atoms with van der Waals surface area (Å²) in [5, 5.41) is 8.63. The van der Waals surface area contributed by atoms with Gasteiger partial charge in [-0.2, -0.15) is 0 Å². The van der Waals surface area contributed by atoms with Crippen molar-refractivity contribution in [2.45, 2.75) is 25.7 Å². The number of benzene rings is 2. The van der Waals surface area contributed by atoms with E-state index in [-0.39, 0.29) is 30.7 Å². The summed E-state index contributed by atoms with van der Waals surface area (Å²) >= 11 is 0. The summed E-state index contributed by atoms with van der Waals surface area (Å²) in [6.07, 6.45) is 2.55. The summed E-state index contributed by atoms with van der Waals surface area (Å²) in [7, 11) is 0. The summed E-state index contributed by atoms with van der Waals surface area (Å²) in [4.78, 5) is 24.4. The minimum Gasteiger partial charge on any atom is -0.480 e. The smallest absolute Gasteiger partial charge is 0.419 e. The molecule has 0 heterocycles. The maximum absolute atomic E-state index is 14.4. The predicted octanol–water partition coefficient (Wildman–Crippen LogP) is 5.15. The molecule has 2 aromatic carbocycles. The molecule has 0 bridgehead atoms. The Bertz CT molecular complexity index is 885. The highest BCUT2D eigenvalue weighted by Crippen LogP contribution is 2.32. The van der Waals surface area contributed by atoms with Crippen LogP contribution < -0.4 is 4.90 Å². The van der Waals surface area contributed by atoms with Crippen molar-refractivity contribution >= 4 is 23.4 Å². The van der Waals surface area contributed by atoms with E-state index in [9.17, 15) is 18.4 Å². The van der Waals surface area contributed by atoms with Crippen LogP contribution in [-0.2, 0) is 14.3 Å². The van der Waals surface area contributed by atoms with Gasteiger partial charge < -0.3 is 14.6 Å². The normalized spacial score (nSPS) is 18.4. The molecule has 0 unspecified atom stereocenters. The zero-order valence-electron chi connectivity index (χ0n) is 17.0. The largest absolute Gasteiger partial charge is 0.480 e. The van der Waals surface area contributed by atoms with Crippen LogP contribution in [0.3, 0.4) is 0 Å². The van der Waals surface area contributed by atoms with Crippen molar-refractivity contribution in [3.63, 3.8) is 0 Å². The van der Waals surface area contributed by atoms with Gasteiger partial charge in [0.1, 0.15) is 6.61 Å². The second-order valence-corrected chi connectivity index (χ2v) is 7.62. The fourth-order valence-corrected chi connectivity index (χ4v) is 3.72. The van der Waals surface area contributed by atoms with Crippen LogP contribution in [0.4, 0.5) is 25.0 Å². The Labute approximate surface area is 179 Å². The molecule has 8 heteroatoms. The average molecular weight is 433 g/mol. The highest BCUT2D eigenvalue weighted by atomic mass is 19.2. The number of amides is 1. The van der Waals surface area contributed by atoms with E-state index in [0.717, 1.165) is 36.6 Å². The van der Waals surface area contributed by atoms with E-state index < -0.39 is 23.7 Å². The van der Waals surface area contributed by atoms with E-state index in [1.807, 2.05) is 0 Å². The Kier molecular flexibility index (Phi) is 7.94. The van der Waals surface area contributed by atoms with Crippen LogP contribution in [0.1, 0.15) is 25.7 Å². The van der Waals surface area contributed by atoms with E-state index >= 15 is 0 Å². The molecule has 6 nitrogen and oxygen atoms in total. The number of carbonyl (C=O) groups is 2. The molecule has 1 fully saturated rings. The molecular weight excluding hydrogens is 408 g/mol. The van der Waals surface area contributed by atoms with Crippen LogP contribution in [0, 0.1) is 23.5 Å². The Morgan fingerprint density at radius 3 is 2.23 bits per heavy atom. The van der Waals surface area contributed by atoms with Gasteiger partial charge >= 0.3 is 12.1 Å². The van der Waals surface area contributed by atoms with Gasteiger partial charge in [-0.3, -0.25) is 0 Å². The number of ether oxygens (including phenoxy) is 2. The summed E-state index contributed by atoms with van der Waals surface area (Å²) in [5.41, 5.74) is 0.159. The lowest BCUT2D eigenvalue weighted by atomic mass is 9.83. The molecule has 1 aliphatic carbocycles. The molecule has 0 aromatic heterocycles. The Morgan fingerprint density at radius 1 is 0.935 bits per heavy atom. The van der Waals surface area contributed by atoms with Crippen molar-refractivity contribution in [1.29, 1.82) is 0 Å². The Morgan fingerprint density at radius 2 is 1.58 bits per heavy atom. The lowest BCUT2D eigenvalue weighted by Gasteiger charge is -2.29. The number of para-hydroxylation sites is 1. The first-order valence-electron chi connectivity index (χ1n) is 10.2. The number of carboxylic acid groups (broad SMARTS) is 1. The predicted molar refractivity (Wildman–Crippen MR) is 110 cm³/mol. The van der Waals surface area contributed by atoms with E-state index in [1.54, 1.807) is 30.3 Å². The highest BCUT2D eigenvalue weighted by Gasteiger charge is 2.27. The molecule has 0 spiro atoms. The van der Waals surface area contributed by atoms with E-state index in [4.69, 9.17) is 14.6 Å². The first-order valence-corrected chi connectivity index (χ1v) is 10.2. The third-order valence-corrected chi connectivity index (χ3v) is 5.36. The molecule has 1 N–H and O–H groups in total. The van der Waals surface area contributed by atoms with Crippen molar-refractivity contribution in [3.05, 3.63) is 60.2 Å². The molecule has 31 heavy (non-hydrogen) atoms. The van der Waals surface area contributed by atoms with Crippen LogP contribution in [0.15, 0.2) is 48.5 Å². The van der Waals surface area contributed by atoms with Crippen molar-refractivity contribution in [3.8, 4) is 0 Å². The van der Waals surface area contributed by atoms with Gasteiger partial charge in [0.05, 0.1) is 24.6 Å². The molecule has 1 aliphatic rings. The minimum absolute atomic E-state index is 0.148. The van der Waals surface area contributed by atoms with Crippen molar-refractivity contribution in [1.82, 2.24) is 0 Å². The molecular formula is C23H25F2NO5. The lowest BCUT2D eigenvalue weighted by molar-refractivity contribution is -0.142. The number of aliphatic carboxylic acids is 1. The highest BCUT2D eigenvalue weighted by molar-refractivity contribution is 5.96. The first kappa shape index (κ1) is 22.7. The topological polar surface area (TPSA) is 76.1 Å². The molecule has 1 saturated carbocycles. The van der Waals surface area contributed by atoms with Crippen LogP contribution in [-0.4, -0.2) is 37.0 Å². The lowest BCUT2D eigenvalue weighted by Crippen LogP contribution is -2.30. The van der Waals surface area contributed by atoms with E-state index in [1.165, 1.54) is 12.1 Å². The first-order chi connectivity index (χ1) is 15.0. The van der Waals surface area contributed by atoms with Gasteiger partial charge in [0.2, 0.25) is 0 Å². The number of anilines is 2. The monoisotopic (exact) mass is 433 g/mol. The van der Waals surface area contributed by atoms with E-state index in [2.05, 4.69) is 0 Å². The number of rotatable bonds is 8. The number of hydrogen-bond acceptors (Lipinski definition) is 4. The standard InChI is InChI=1S/C23H25F2NO5/c24-19-7-4-8-20(22(19)25)26(18-5-2-1-3-6-18)23(29)31-14-17-11-9-16(10-12-17)13-30-15-21(27)28/h1-8,16-17H,9-15H2,(H,27,28)/t16-,17-. The number of halogens is 2. The van der Waals surface area contributed by atoms with Crippen LogP contribution in [0.5, 0.6) is 0 Å². The molecule has 0 aliphatic heterocycles. The molecule has 3 rings (SSSR count). The summed E-state index contributed by atoms with van der Waals surface area (Å²) in [6.45, 7) is 0.269. The molecule has 0 radical (unpaired) electrons. The zero-order valence-corrected chi connectivity index (χ0v) is 17.0. The van der Waals surface area contributed by atoms with Gasteiger partial charge in [-0.1, -0.05) is 24.3 Å². The van der Waals surface area contributed by atoms with E-state index in [0.29, 0.717) is 12.3 Å². The average Bonchev–Trinajstić information content (AvgIpc) is 2.77. The third-order valence-electron chi connectivity index (χ3n) is 5.36. The minimum atomic E-state index is -1.12. The fraction of sp³-hybridized carbons (Fsp3) is 0.391. The molecule has 2 aromatic rings. The molecule has 166 valence electrons. The number of nitrogens with zero attached hydrogens (tertiary/aromatic N) is 1. The number of carboxylic acids is 1. The third kappa shape index (κ3) is 6.24. The van der Waals surface area contributed by atoms with Gasteiger partial charge in [-0.05, 0) is 61.8 Å². The Balaban J connectivity index is 1.59.